The fourth-order valence-electron chi connectivity index (χ4n) is 3.10. The molecule has 1 saturated carbocycles. The number of aryl methyl sites for hydroxylation is 1. The summed E-state index contributed by atoms with van der Waals surface area (Å²) in [6, 6.07) is 16.3. The topological polar surface area (TPSA) is 87.7 Å². The lowest BCUT2D eigenvalue weighted by molar-refractivity contribution is -0.123. The van der Waals surface area contributed by atoms with E-state index < -0.39 is 5.91 Å². The second-order valence-corrected chi connectivity index (χ2v) is 7.30. The number of nitrogens with one attached hydrogen (secondary N) is 2. The molecule has 2 amide bonds. The van der Waals surface area contributed by atoms with E-state index in [4.69, 9.17) is 4.74 Å². The Morgan fingerprint density at radius 2 is 1.79 bits per heavy atom. The monoisotopic (exact) mass is 390 g/mol. The molecule has 6 heteroatoms. The van der Waals surface area contributed by atoms with Crippen LogP contribution >= 0.6 is 0 Å². The van der Waals surface area contributed by atoms with Crippen LogP contribution < -0.4 is 15.4 Å². The fourth-order valence-corrected chi connectivity index (χ4v) is 3.10. The number of aromatic hydroxyl groups is 1. The van der Waals surface area contributed by atoms with Gasteiger partial charge in [-0.1, -0.05) is 30.3 Å². The van der Waals surface area contributed by atoms with Crippen molar-refractivity contribution in [1.29, 1.82) is 0 Å². The Bertz CT molecular complexity index is 1090. The van der Waals surface area contributed by atoms with E-state index in [0.29, 0.717) is 17.0 Å². The van der Waals surface area contributed by atoms with Gasteiger partial charge in [0.1, 0.15) is 11.5 Å². The van der Waals surface area contributed by atoms with Crippen molar-refractivity contribution in [1.82, 2.24) is 5.32 Å². The number of rotatable bonds is 6. The minimum Gasteiger partial charge on any atom is -0.506 e. The van der Waals surface area contributed by atoms with Gasteiger partial charge < -0.3 is 20.5 Å². The molecule has 0 saturated heterocycles. The summed E-state index contributed by atoms with van der Waals surface area (Å²) < 4.78 is 5.71. The van der Waals surface area contributed by atoms with Crippen molar-refractivity contribution >= 4 is 28.3 Å². The molecule has 0 spiro atoms. The van der Waals surface area contributed by atoms with Crippen LogP contribution in [0.4, 0.5) is 5.69 Å². The van der Waals surface area contributed by atoms with Crippen LogP contribution in [0, 0.1) is 6.92 Å². The predicted molar refractivity (Wildman–Crippen MR) is 111 cm³/mol. The summed E-state index contributed by atoms with van der Waals surface area (Å²) in [7, 11) is 0. The van der Waals surface area contributed by atoms with Crippen LogP contribution in [0.2, 0.25) is 0 Å². The van der Waals surface area contributed by atoms with Gasteiger partial charge in [0.25, 0.3) is 11.8 Å². The third-order valence-electron chi connectivity index (χ3n) is 4.79. The van der Waals surface area contributed by atoms with Crippen molar-refractivity contribution in [3.8, 4) is 11.5 Å². The van der Waals surface area contributed by atoms with E-state index in [1.165, 1.54) is 6.07 Å². The lowest BCUT2D eigenvalue weighted by atomic mass is 10.0. The largest absolute Gasteiger partial charge is 0.506 e. The number of hydrogen-bond donors (Lipinski definition) is 3. The Morgan fingerprint density at radius 1 is 1.07 bits per heavy atom. The summed E-state index contributed by atoms with van der Waals surface area (Å²) in [5.74, 6) is -0.326. The van der Waals surface area contributed by atoms with E-state index in [0.717, 1.165) is 29.2 Å². The van der Waals surface area contributed by atoms with Crippen LogP contribution in [-0.2, 0) is 4.79 Å². The highest BCUT2D eigenvalue weighted by Gasteiger charge is 2.24. The summed E-state index contributed by atoms with van der Waals surface area (Å²) in [6.07, 6.45) is 1.99. The Balaban J connectivity index is 1.62. The van der Waals surface area contributed by atoms with Crippen LogP contribution in [-0.4, -0.2) is 29.6 Å². The fraction of sp³-hybridized carbons (Fsp3) is 0.217. The van der Waals surface area contributed by atoms with Crippen molar-refractivity contribution in [2.24, 2.45) is 0 Å². The van der Waals surface area contributed by atoms with Gasteiger partial charge in [-0.25, -0.2) is 0 Å². The van der Waals surface area contributed by atoms with Crippen molar-refractivity contribution in [3.05, 3.63) is 65.7 Å². The Morgan fingerprint density at radius 3 is 2.52 bits per heavy atom. The number of amides is 2. The van der Waals surface area contributed by atoms with Gasteiger partial charge in [-0.2, -0.15) is 0 Å². The van der Waals surface area contributed by atoms with Crippen molar-refractivity contribution in [2.75, 3.05) is 11.9 Å². The summed E-state index contributed by atoms with van der Waals surface area (Å²) in [4.78, 5) is 25.0. The van der Waals surface area contributed by atoms with Crippen LogP contribution in [0.15, 0.2) is 54.6 Å². The number of ether oxygens (including phenoxy) is 1. The van der Waals surface area contributed by atoms with Gasteiger partial charge >= 0.3 is 0 Å². The number of benzene rings is 3. The highest BCUT2D eigenvalue weighted by atomic mass is 16.5. The first-order valence-electron chi connectivity index (χ1n) is 9.55. The molecule has 1 aliphatic carbocycles. The summed E-state index contributed by atoms with van der Waals surface area (Å²) in [5, 5.41) is 17.4. The van der Waals surface area contributed by atoms with Crippen LogP contribution in [0.3, 0.4) is 0 Å². The summed E-state index contributed by atoms with van der Waals surface area (Å²) >= 11 is 0. The molecule has 148 valence electrons. The average Bonchev–Trinajstić information content (AvgIpc) is 3.52. The second-order valence-electron chi connectivity index (χ2n) is 7.30. The van der Waals surface area contributed by atoms with E-state index in [1.54, 1.807) is 24.3 Å². The molecule has 0 radical (unpaired) electrons. The minimum absolute atomic E-state index is 0.0176. The van der Waals surface area contributed by atoms with Crippen LogP contribution in [0.5, 0.6) is 11.5 Å². The second kappa shape index (κ2) is 7.83. The molecule has 1 aliphatic rings. The van der Waals surface area contributed by atoms with Gasteiger partial charge in [0.2, 0.25) is 0 Å². The molecule has 0 bridgehead atoms. The smallest absolute Gasteiger partial charge is 0.259 e. The lowest BCUT2D eigenvalue weighted by Gasteiger charge is -2.14. The Kier molecular flexibility index (Phi) is 5.08. The van der Waals surface area contributed by atoms with Crippen molar-refractivity contribution in [3.63, 3.8) is 0 Å². The number of phenolic OH excluding ortho intramolecular Hbond substituents is 1. The lowest BCUT2D eigenvalue weighted by Crippen LogP contribution is -2.30. The maximum absolute atomic E-state index is 13.0. The molecule has 3 aromatic rings. The van der Waals surface area contributed by atoms with Gasteiger partial charge in [-0.3, -0.25) is 9.59 Å². The van der Waals surface area contributed by atoms with Crippen molar-refractivity contribution < 1.29 is 19.4 Å². The normalized spacial score (nSPS) is 13.1. The van der Waals surface area contributed by atoms with E-state index in [1.807, 2.05) is 31.2 Å². The maximum atomic E-state index is 13.0. The summed E-state index contributed by atoms with van der Waals surface area (Å²) in [6.45, 7) is 1.71. The molecular weight excluding hydrogens is 368 g/mol. The predicted octanol–water partition coefficient (Wildman–Crippen LogP) is 3.76. The molecule has 0 aliphatic heterocycles. The SMILES string of the molecule is Cc1ccc(O)c(NC(=O)c2cc3ccccc3cc2OCC(=O)NC2CC2)c1. The zero-order valence-electron chi connectivity index (χ0n) is 16.1. The molecular formula is C23H22N2O4. The Hall–Kier alpha value is -3.54. The molecule has 0 heterocycles. The third kappa shape index (κ3) is 4.48. The van der Waals surface area contributed by atoms with Gasteiger partial charge in [-0.15, -0.1) is 0 Å². The zero-order chi connectivity index (χ0) is 20.4. The highest BCUT2D eigenvalue weighted by molar-refractivity contribution is 6.09. The molecule has 3 aromatic carbocycles. The molecule has 0 aromatic heterocycles. The molecule has 6 nitrogen and oxygen atoms in total. The first kappa shape index (κ1) is 18.8. The van der Waals surface area contributed by atoms with Gasteiger partial charge in [-0.05, 0) is 60.4 Å². The van der Waals surface area contributed by atoms with E-state index >= 15 is 0 Å². The first-order valence-corrected chi connectivity index (χ1v) is 9.55. The molecule has 29 heavy (non-hydrogen) atoms. The van der Waals surface area contributed by atoms with Crippen LogP contribution in [0.1, 0.15) is 28.8 Å². The maximum Gasteiger partial charge on any atom is 0.259 e. The highest BCUT2D eigenvalue weighted by Crippen LogP contribution is 2.29. The van der Waals surface area contributed by atoms with E-state index in [-0.39, 0.29) is 24.3 Å². The molecule has 4 rings (SSSR count). The standard InChI is InChI=1S/C23H22N2O4/c1-14-6-9-20(26)19(10-14)25-23(28)18-11-15-4-2-3-5-16(15)12-21(18)29-13-22(27)24-17-7-8-17/h2-6,9-12,17,26H,7-8,13H2,1H3,(H,24,27)(H,25,28). The molecule has 0 atom stereocenters. The van der Waals surface area contributed by atoms with Gasteiger partial charge in [0.05, 0.1) is 11.3 Å². The number of carbonyl (C=O) groups excluding carboxylic acids is 2. The molecule has 0 unspecified atom stereocenters. The Labute approximate surface area is 168 Å². The first-order chi connectivity index (χ1) is 14.0. The number of carbonyl (C=O) groups is 2. The van der Waals surface area contributed by atoms with Gasteiger partial charge in [0, 0.05) is 6.04 Å². The number of fused-ring (bicyclic) bond motifs is 1. The van der Waals surface area contributed by atoms with Crippen molar-refractivity contribution in [2.45, 2.75) is 25.8 Å². The van der Waals surface area contributed by atoms with Gasteiger partial charge in [0.15, 0.2) is 6.61 Å². The zero-order valence-corrected chi connectivity index (χ0v) is 16.1. The molecule has 3 N–H and O–H groups in total. The van der Waals surface area contributed by atoms with Crippen LogP contribution in [0.25, 0.3) is 10.8 Å². The van der Waals surface area contributed by atoms with E-state index in [2.05, 4.69) is 10.6 Å². The molecule has 1 fully saturated rings. The third-order valence-corrected chi connectivity index (χ3v) is 4.79. The number of hydrogen-bond acceptors (Lipinski definition) is 4. The quantitative estimate of drug-likeness (QED) is 0.559. The number of phenols is 1. The minimum atomic E-state index is -0.422. The average molecular weight is 390 g/mol. The van der Waals surface area contributed by atoms with E-state index in [9.17, 15) is 14.7 Å². The number of anilines is 1. The summed E-state index contributed by atoms with van der Waals surface area (Å²) in [5.41, 5.74) is 1.52.